The van der Waals surface area contributed by atoms with Gasteiger partial charge < -0.3 is 0 Å². The molecule has 1 unspecified atom stereocenters. The third kappa shape index (κ3) is 2.60. The first-order valence-corrected chi connectivity index (χ1v) is 9.91. The highest BCUT2D eigenvalue weighted by Gasteiger charge is 2.52. The van der Waals surface area contributed by atoms with Gasteiger partial charge in [0.1, 0.15) is 5.54 Å². The van der Waals surface area contributed by atoms with Gasteiger partial charge in [-0.3, -0.25) is 14.9 Å². The highest BCUT2D eigenvalue weighted by molar-refractivity contribution is 7.89. The number of ketones is 1. The van der Waals surface area contributed by atoms with Crippen molar-refractivity contribution < 1.29 is 18.1 Å². The average Bonchev–Trinajstić information content (AvgIpc) is 3.11. The number of nitrogens with zero attached hydrogens (tertiary/aromatic N) is 2. The molecule has 1 aliphatic carbocycles. The lowest BCUT2D eigenvalue weighted by Crippen LogP contribution is -2.52. The Bertz CT molecular complexity index is 1080. The summed E-state index contributed by atoms with van der Waals surface area (Å²) in [5.41, 5.74) is -0.152. The van der Waals surface area contributed by atoms with E-state index >= 15 is 0 Å². The van der Waals surface area contributed by atoms with Crippen LogP contribution in [0.2, 0.25) is 0 Å². The van der Waals surface area contributed by atoms with Crippen molar-refractivity contribution in [2.24, 2.45) is 0 Å². The first-order valence-electron chi connectivity index (χ1n) is 8.47. The van der Waals surface area contributed by atoms with Gasteiger partial charge in [-0.05, 0) is 30.5 Å². The van der Waals surface area contributed by atoms with Gasteiger partial charge in [0.2, 0.25) is 10.0 Å². The molecule has 0 radical (unpaired) electrons. The lowest BCUT2D eigenvalue weighted by molar-refractivity contribution is -0.384. The van der Waals surface area contributed by atoms with Crippen LogP contribution in [0.5, 0.6) is 0 Å². The van der Waals surface area contributed by atoms with Crippen molar-refractivity contribution in [1.29, 1.82) is 0 Å². The standard InChI is InChI=1S/C19H16N2O5S/c22-18-17-5-2-1-4-14(17)10-12-19(18)11-3-13-20(19)27(25,26)16-8-6-15(7-9-16)21(23)24/h1-2,4-10,12H,3,11,13H2. The van der Waals surface area contributed by atoms with Crippen molar-refractivity contribution in [2.75, 3.05) is 6.54 Å². The Hall–Kier alpha value is -2.84. The number of fused-ring (bicyclic) bond motifs is 1. The summed E-state index contributed by atoms with van der Waals surface area (Å²) in [7, 11) is -3.99. The van der Waals surface area contributed by atoms with Crippen LogP contribution in [0.4, 0.5) is 5.69 Å². The largest absolute Gasteiger partial charge is 0.292 e. The second-order valence-electron chi connectivity index (χ2n) is 6.61. The van der Waals surface area contributed by atoms with Crippen LogP contribution in [0.3, 0.4) is 0 Å². The van der Waals surface area contributed by atoms with Crippen LogP contribution in [0.1, 0.15) is 28.8 Å². The molecule has 1 aliphatic heterocycles. The van der Waals surface area contributed by atoms with E-state index in [-0.39, 0.29) is 22.9 Å². The smallest absolute Gasteiger partial charge is 0.269 e. The molecule has 1 fully saturated rings. The van der Waals surface area contributed by atoms with E-state index in [0.29, 0.717) is 18.4 Å². The van der Waals surface area contributed by atoms with Gasteiger partial charge in [0.05, 0.1) is 9.82 Å². The molecule has 1 saturated heterocycles. The fraction of sp³-hybridized carbons (Fsp3) is 0.211. The van der Waals surface area contributed by atoms with E-state index in [2.05, 4.69) is 0 Å². The van der Waals surface area contributed by atoms with Gasteiger partial charge >= 0.3 is 0 Å². The zero-order chi connectivity index (χ0) is 19.2. The van der Waals surface area contributed by atoms with Crippen molar-refractivity contribution in [3.63, 3.8) is 0 Å². The Balaban J connectivity index is 1.77. The fourth-order valence-electron chi connectivity index (χ4n) is 3.80. The molecule has 1 spiro atoms. The first-order chi connectivity index (χ1) is 12.9. The molecular weight excluding hydrogens is 368 g/mol. The third-order valence-corrected chi connectivity index (χ3v) is 7.09. The first kappa shape index (κ1) is 17.6. The molecule has 7 nitrogen and oxygen atoms in total. The number of benzene rings is 2. The molecule has 1 atom stereocenters. The maximum absolute atomic E-state index is 13.2. The Labute approximate surface area is 156 Å². The topological polar surface area (TPSA) is 97.6 Å². The molecule has 2 aromatic carbocycles. The lowest BCUT2D eigenvalue weighted by Gasteiger charge is -2.36. The van der Waals surface area contributed by atoms with Crippen molar-refractivity contribution in [1.82, 2.24) is 4.31 Å². The minimum atomic E-state index is -3.99. The quantitative estimate of drug-likeness (QED) is 0.598. The Morgan fingerprint density at radius 1 is 1.07 bits per heavy atom. The van der Waals surface area contributed by atoms with Crippen molar-refractivity contribution >= 4 is 27.6 Å². The zero-order valence-electron chi connectivity index (χ0n) is 14.2. The number of hydrogen-bond donors (Lipinski definition) is 0. The van der Waals surface area contributed by atoms with E-state index in [1.807, 2.05) is 12.1 Å². The third-order valence-electron chi connectivity index (χ3n) is 5.14. The molecule has 4 rings (SSSR count). The Kier molecular flexibility index (Phi) is 3.97. The van der Waals surface area contributed by atoms with Crippen molar-refractivity contribution in [2.45, 2.75) is 23.3 Å². The van der Waals surface area contributed by atoms with Gasteiger partial charge in [0.25, 0.3) is 5.69 Å². The summed E-state index contributed by atoms with van der Waals surface area (Å²) >= 11 is 0. The van der Waals surface area contributed by atoms with E-state index in [0.717, 1.165) is 17.7 Å². The SMILES string of the molecule is O=C1c2ccccc2C=CC12CCCN2S(=O)(=O)c1ccc([N+](=O)[O-])cc1. The van der Waals surface area contributed by atoms with Gasteiger partial charge in [0, 0.05) is 24.2 Å². The molecule has 0 saturated carbocycles. The Morgan fingerprint density at radius 2 is 1.78 bits per heavy atom. The molecule has 0 bridgehead atoms. The molecule has 8 heteroatoms. The molecule has 1 heterocycles. The fourth-order valence-corrected chi connectivity index (χ4v) is 5.56. The number of rotatable bonds is 3. The maximum Gasteiger partial charge on any atom is 0.269 e. The van der Waals surface area contributed by atoms with Gasteiger partial charge in [-0.2, -0.15) is 4.31 Å². The van der Waals surface area contributed by atoms with Gasteiger partial charge in [-0.1, -0.05) is 36.4 Å². The second-order valence-corrected chi connectivity index (χ2v) is 8.47. The Morgan fingerprint density at radius 3 is 2.48 bits per heavy atom. The molecule has 2 aliphatic rings. The number of sulfonamides is 1. The average molecular weight is 384 g/mol. The minimum absolute atomic E-state index is 0.0607. The van der Waals surface area contributed by atoms with Crippen LogP contribution < -0.4 is 0 Å². The summed E-state index contributed by atoms with van der Waals surface area (Å²) in [6, 6.07) is 11.8. The number of nitro groups is 1. The van der Waals surface area contributed by atoms with E-state index < -0.39 is 20.5 Å². The molecule has 2 aromatic rings. The maximum atomic E-state index is 13.2. The van der Waals surface area contributed by atoms with Crippen molar-refractivity contribution in [3.05, 3.63) is 75.8 Å². The molecule has 0 N–H and O–H groups in total. The van der Waals surface area contributed by atoms with E-state index in [1.165, 1.54) is 16.4 Å². The summed E-state index contributed by atoms with van der Waals surface area (Å²) in [4.78, 5) is 23.4. The molecule has 0 aromatic heterocycles. The van der Waals surface area contributed by atoms with Crippen LogP contribution in [-0.2, 0) is 10.0 Å². The predicted molar refractivity (Wildman–Crippen MR) is 98.8 cm³/mol. The number of carbonyl (C=O) groups is 1. The predicted octanol–water partition coefficient (Wildman–Crippen LogP) is 3.03. The van der Waals surface area contributed by atoms with Gasteiger partial charge in [-0.25, -0.2) is 8.42 Å². The molecular formula is C19H16N2O5S. The highest BCUT2D eigenvalue weighted by Crippen LogP contribution is 2.41. The number of hydrogen-bond acceptors (Lipinski definition) is 5. The number of nitro benzene ring substituents is 1. The lowest BCUT2D eigenvalue weighted by atomic mass is 9.81. The number of carbonyl (C=O) groups excluding carboxylic acids is 1. The minimum Gasteiger partial charge on any atom is -0.292 e. The van der Waals surface area contributed by atoms with E-state index in [1.54, 1.807) is 24.3 Å². The van der Waals surface area contributed by atoms with Crippen LogP contribution in [0.25, 0.3) is 6.08 Å². The molecule has 0 amide bonds. The van der Waals surface area contributed by atoms with E-state index in [9.17, 15) is 23.3 Å². The van der Waals surface area contributed by atoms with Gasteiger partial charge in [0.15, 0.2) is 5.78 Å². The number of non-ortho nitro benzene ring substituents is 1. The second kappa shape index (κ2) is 6.11. The van der Waals surface area contributed by atoms with Gasteiger partial charge in [-0.15, -0.1) is 0 Å². The summed E-state index contributed by atoms with van der Waals surface area (Å²) in [6.07, 6.45) is 4.43. The molecule has 27 heavy (non-hydrogen) atoms. The van der Waals surface area contributed by atoms with Crippen LogP contribution >= 0.6 is 0 Å². The highest BCUT2D eigenvalue weighted by atomic mass is 32.2. The normalized spacial score (nSPS) is 22.1. The van der Waals surface area contributed by atoms with Crippen molar-refractivity contribution in [3.8, 4) is 0 Å². The summed E-state index contributed by atoms with van der Waals surface area (Å²) in [6.45, 7) is 0.220. The summed E-state index contributed by atoms with van der Waals surface area (Å²) in [5.74, 6) is -0.233. The number of Topliss-reactive ketones (excluding diaryl/α,β-unsaturated/α-hetero) is 1. The summed E-state index contributed by atoms with van der Waals surface area (Å²) < 4.78 is 27.7. The molecule has 138 valence electrons. The van der Waals surface area contributed by atoms with Crippen LogP contribution in [-0.4, -0.2) is 35.5 Å². The van der Waals surface area contributed by atoms with Crippen LogP contribution in [0.15, 0.2) is 59.5 Å². The van der Waals surface area contributed by atoms with Crippen LogP contribution in [0, 0.1) is 10.1 Å². The monoisotopic (exact) mass is 384 g/mol. The summed E-state index contributed by atoms with van der Waals surface area (Å²) in [5, 5.41) is 10.8. The van der Waals surface area contributed by atoms with E-state index in [4.69, 9.17) is 0 Å². The zero-order valence-corrected chi connectivity index (χ0v) is 15.1.